The Bertz CT molecular complexity index is 653. The fraction of sp³-hybridized carbons (Fsp3) is 0.294. The van der Waals surface area contributed by atoms with Crippen LogP contribution in [0.15, 0.2) is 48.8 Å². The van der Waals surface area contributed by atoms with Crippen LogP contribution >= 0.6 is 11.6 Å². The lowest BCUT2D eigenvalue weighted by Crippen LogP contribution is -2.36. The van der Waals surface area contributed by atoms with Crippen LogP contribution in [0.2, 0.25) is 5.02 Å². The highest BCUT2D eigenvalue weighted by atomic mass is 35.5. The highest BCUT2D eigenvalue weighted by molar-refractivity contribution is 6.30. The first-order valence-electron chi connectivity index (χ1n) is 7.02. The number of amides is 1. The first-order valence-corrected chi connectivity index (χ1v) is 7.40. The molecule has 0 unspecified atom stereocenters. The number of benzene rings is 1. The smallest absolute Gasteiger partial charge is 0.233 e. The van der Waals surface area contributed by atoms with Gasteiger partial charge in [-0.05, 0) is 42.2 Å². The number of hydrogen-bond acceptors (Lipinski definition) is 2. The number of carbonyl (C=O) groups excluding carboxylic acids is 1. The van der Waals surface area contributed by atoms with Gasteiger partial charge in [0.15, 0.2) is 0 Å². The number of aromatic nitrogens is 1. The van der Waals surface area contributed by atoms with Crippen molar-refractivity contribution in [3.8, 4) is 0 Å². The van der Waals surface area contributed by atoms with Gasteiger partial charge in [-0.25, -0.2) is 0 Å². The largest absolute Gasteiger partial charge is 0.341 e. The van der Waals surface area contributed by atoms with Crippen LogP contribution in [0, 0.1) is 0 Å². The molecular formula is C17H17ClN2O. The predicted molar refractivity (Wildman–Crippen MR) is 83.1 cm³/mol. The number of hydrogen-bond donors (Lipinski definition) is 0. The van der Waals surface area contributed by atoms with Crippen molar-refractivity contribution in [2.45, 2.75) is 24.8 Å². The minimum absolute atomic E-state index is 0.161. The van der Waals surface area contributed by atoms with Crippen molar-refractivity contribution in [2.75, 3.05) is 7.05 Å². The van der Waals surface area contributed by atoms with E-state index < -0.39 is 0 Å². The maximum Gasteiger partial charge on any atom is 0.233 e. The second-order valence-electron chi connectivity index (χ2n) is 5.61. The molecule has 21 heavy (non-hydrogen) atoms. The number of pyridine rings is 1. The molecule has 0 atom stereocenters. The third kappa shape index (κ3) is 2.79. The van der Waals surface area contributed by atoms with E-state index in [2.05, 4.69) is 4.98 Å². The first-order chi connectivity index (χ1) is 10.1. The lowest BCUT2D eigenvalue weighted by Gasteiger charge is -2.24. The lowest BCUT2D eigenvalue weighted by atomic mass is 9.94. The van der Waals surface area contributed by atoms with E-state index in [1.54, 1.807) is 17.3 Å². The summed E-state index contributed by atoms with van der Waals surface area (Å²) in [5.74, 6) is 0.161. The summed E-state index contributed by atoms with van der Waals surface area (Å²) in [5.41, 5.74) is 1.69. The molecule has 108 valence electrons. The molecule has 2 aromatic rings. The van der Waals surface area contributed by atoms with Crippen LogP contribution in [0.1, 0.15) is 24.0 Å². The third-order valence-corrected chi connectivity index (χ3v) is 4.26. The minimum Gasteiger partial charge on any atom is -0.341 e. The Hall–Kier alpha value is -1.87. The zero-order valence-corrected chi connectivity index (χ0v) is 12.7. The van der Waals surface area contributed by atoms with Gasteiger partial charge in [-0.3, -0.25) is 9.78 Å². The standard InChI is InChI=1S/C17H17ClN2O/c1-20(12-13-4-3-9-19-11-13)16(21)17(7-8-17)14-5-2-6-15(18)10-14/h2-6,9-11H,7-8,12H2,1H3. The Balaban J connectivity index is 1.78. The predicted octanol–water partition coefficient (Wildman–Crippen LogP) is 3.43. The average Bonchev–Trinajstić information content (AvgIpc) is 3.29. The van der Waals surface area contributed by atoms with Crippen molar-refractivity contribution in [3.63, 3.8) is 0 Å². The van der Waals surface area contributed by atoms with Gasteiger partial charge in [-0.2, -0.15) is 0 Å². The van der Waals surface area contributed by atoms with Gasteiger partial charge in [-0.15, -0.1) is 0 Å². The van der Waals surface area contributed by atoms with Gasteiger partial charge in [0.2, 0.25) is 5.91 Å². The highest BCUT2D eigenvalue weighted by Gasteiger charge is 2.52. The molecule has 0 bridgehead atoms. The summed E-state index contributed by atoms with van der Waals surface area (Å²) in [5, 5.41) is 0.682. The summed E-state index contributed by atoms with van der Waals surface area (Å²) in [6, 6.07) is 11.5. The quantitative estimate of drug-likeness (QED) is 0.867. The molecule has 0 N–H and O–H groups in total. The van der Waals surface area contributed by atoms with E-state index in [9.17, 15) is 4.79 Å². The number of rotatable bonds is 4. The Morgan fingerprint density at radius 1 is 1.33 bits per heavy atom. The normalized spacial score (nSPS) is 15.5. The van der Waals surface area contributed by atoms with E-state index in [1.165, 1.54) is 0 Å². The van der Waals surface area contributed by atoms with Crippen molar-refractivity contribution in [3.05, 3.63) is 64.9 Å². The molecule has 0 aliphatic heterocycles. The first kappa shape index (κ1) is 14.1. The molecule has 1 amide bonds. The molecule has 4 heteroatoms. The van der Waals surface area contributed by atoms with E-state index in [0.29, 0.717) is 11.6 Å². The molecular weight excluding hydrogens is 284 g/mol. The zero-order valence-electron chi connectivity index (χ0n) is 11.9. The summed E-state index contributed by atoms with van der Waals surface area (Å²) in [7, 11) is 1.85. The van der Waals surface area contributed by atoms with E-state index in [4.69, 9.17) is 11.6 Å². The molecule has 1 aliphatic carbocycles. The van der Waals surface area contributed by atoms with Gasteiger partial charge in [0.25, 0.3) is 0 Å². The number of nitrogens with zero attached hydrogens (tertiary/aromatic N) is 2. The second kappa shape index (κ2) is 5.49. The van der Waals surface area contributed by atoms with Crippen LogP contribution in [-0.2, 0) is 16.8 Å². The van der Waals surface area contributed by atoms with Gasteiger partial charge < -0.3 is 4.90 Å². The van der Waals surface area contributed by atoms with Crippen molar-refractivity contribution in [1.29, 1.82) is 0 Å². The maximum atomic E-state index is 12.8. The summed E-state index contributed by atoms with van der Waals surface area (Å²) in [6.07, 6.45) is 5.31. The Kier molecular flexibility index (Phi) is 3.68. The van der Waals surface area contributed by atoms with Crippen LogP contribution < -0.4 is 0 Å². The second-order valence-corrected chi connectivity index (χ2v) is 6.05. The van der Waals surface area contributed by atoms with E-state index in [-0.39, 0.29) is 11.3 Å². The topological polar surface area (TPSA) is 33.2 Å². The fourth-order valence-corrected chi connectivity index (χ4v) is 2.93. The van der Waals surface area contributed by atoms with Gasteiger partial charge >= 0.3 is 0 Å². The monoisotopic (exact) mass is 300 g/mol. The minimum atomic E-state index is -0.373. The Morgan fingerprint density at radius 2 is 2.14 bits per heavy atom. The van der Waals surface area contributed by atoms with E-state index in [1.807, 2.05) is 43.4 Å². The molecule has 1 aliphatic rings. The molecule has 3 nitrogen and oxygen atoms in total. The lowest BCUT2D eigenvalue weighted by molar-refractivity contribution is -0.133. The maximum absolute atomic E-state index is 12.8. The fourth-order valence-electron chi connectivity index (χ4n) is 2.74. The zero-order chi connectivity index (χ0) is 14.9. The van der Waals surface area contributed by atoms with Gasteiger partial charge in [0.05, 0.1) is 5.41 Å². The third-order valence-electron chi connectivity index (χ3n) is 4.03. The summed E-state index contributed by atoms with van der Waals surface area (Å²) < 4.78 is 0. The van der Waals surface area contributed by atoms with Crippen molar-refractivity contribution in [1.82, 2.24) is 9.88 Å². The Labute approximate surface area is 129 Å². The van der Waals surface area contributed by atoms with E-state index >= 15 is 0 Å². The molecule has 1 saturated carbocycles. The summed E-state index contributed by atoms with van der Waals surface area (Å²) >= 11 is 6.06. The molecule has 0 saturated heterocycles. The summed E-state index contributed by atoms with van der Waals surface area (Å²) in [6.45, 7) is 0.578. The molecule has 0 spiro atoms. The van der Waals surface area contributed by atoms with Gasteiger partial charge in [-0.1, -0.05) is 29.8 Å². The average molecular weight is 301 g/mol. The molecule has 1 fully saturated rings. The van der Waals surface area contributed by atoms with Crippen LogP contribution in [0.5, 0.6) is 0 Å². The molecule has 3 rings (SSSR count). The van der Waals surface area contributed by atoms with Gasteiger partial charge in [0, 0.05) is 31.0 Å². The Morgan fingerprint density at radius 3 is 2.76 bits per heavy atom. The highest BCUT2D eigenvalue weighted by Crippen LogP contribution is 2.50. The van der Waals surface area contributed by atoms with Crippen molar-refractivity contribution < 1.29 is 4.79 Å². The van der Waals surface area contributed by atoms with Crippen LogP contribution in [0.25, 0.3) is 0 Å². The van der Waals surface area contributed by atoms with Crippen LogP contribution in [-0.4, -0.2) is 22.8 Å². The molecule has 1 heterocycles. The van der Waals surface area contributed by atoms with Gasteiger partial charge in [0.1, 0.15) is 0 Å². The van der Waals surface area contributed by atoms with Crippen molar-refractivity contribution in [2.24, 2.45) is 0 Å². The van der Waals surface area contributed by atoms with E-state index in [0.717, 1.165) is 24.0 Å². The number of halogens is 1. The number of carbonyl (C=O) groups is 1. The van der Waals surface area contributed by atoms with Crippen LogP contribution in [0.4, 0.5) is 0 Å². The summed E-state index contributed by atoms with van der Waals surface area (Å²) in [4.78, 5) is 18.7. The van der Waals surface area contributed by atoms with Crippen LogP contribution in [0.3, 0.4) is 0 Å². The van der Waals surface area contributed by atoms with Crippen molar-refractivity contribution >= 4 is 17.5 Å². The molecule has 0 radical (unpaired) electrons. The number of likely N-dealkylation sites (N-methyl/N-ethyl adjacent to an activating group) is 1. The SMILES string of the molecule is CN(Cc1cccnc1)C(=O)C1(c2cccc(Cl)c2)CC1. The molecule has 1 aromatic heterocycles. The molecule has 1 aromatic carbocycles.